The third-order valence-corrected chi connectivity index (χ3v) is 8.58. The first-order valence-corrected chi connectivity index (χ1v) is 14.4. The number of anilines is 3. The SMILES string of the molecule is c1ccc(N(c2cccc3cc4oc5ccccc5c4cc23)c2cc3ccc4ccccc4c3c3ccccc23)cc1. The van der Waals surface area contributed by atoms with Crippen LogP contribution in [0.25, 0.3) is 65.0 Å². The Morgan fingerprint density at radius 3 is 1.93 bits per heavy atom. The molecule has 1 aromatic heterocycles. The second-order valence-electron chi connectivity index (χ2n) is 10.9. The summed E-state index contributed by atoms with van der Waals surface area (Å²) in [5.74, 6) is 0. The molecule has 2 nitrogen and oxygen atoms in total. The molecule has 0 saturated heterocycles. The molecule has 0 bridgehead atoms. The van der Waals surface area contributed by atoms with Crippen molar-refractivity contribution >= 4 is 82.1 Å². The molecule has 8 aromatic carbocycles. The van der Waals surface area contributed by atoms with E-state index < -0.39 is 0 Å². The van der Waals surface area contributed by atoms with E-state index in [1.165, 1.54) is 37.7 Å². The lowest BCUT2D eigenvalue weighted by molar-refractivity contribution is 0.669. The Morgan fingerprint density at radius 2 is 1.05 bits per heavy atom. The third kappa shape index (κ3) is 3.39. The van der Waals surface area contributed by atoms with Gasteiger partial charge in [0.05, 0.1) is 11.4 Å². The Balaban J connectivity index is 1.40. The van der Waals surface area contributed by atoms with Gasteiger partial charge in [-0.05, 0) is 74.8 Å². The molecule has 1 heterocycles. The maximum absolute atomic E-state index is 6.26. The molecular weight excluding hydrogens is 510 g/mol. The quantitative estimate of drug-likeness (QED) is 0.209. The van der Waals surface area contributed by atoms with Gasteiger partial charge in [0, 0.05) is 27.2 Å². The average Bonchev–Trinajstić information content (AvgIpc) is 3.42. The van der Waals surface area contributed by atoms with Gasteiger partial charge in [-0.2, -0.15) is 0 Å². The van der Waals surface area contributed by atoms with Crippen LogP contribution in [0.3, 0.4) is 0 Å². The number of benzene rings is 8. The Hall–Kier alpha value is -5.60. The van der Waals surface area contributed by atoms with Crippen LogP contribution in [-0.2, 0) is 0 Å². The molecule has 0 N–H and O–H groups in total. The van der Waals surface area contributed by atoms with Gasteiger partial charge in [0.2, 0.25) is 0 Å². The van der Waals surface area contributed by atoms with Gasteiger partial charge in [0.15, 0.2) is 0 Å². The van der Waals surface area contributed by atoms with Crippen molar-refractivity contribution in [2.45, 2.75) is 0 Å². The van der Waals surface area contributed by atoms with E-state index in [0.29, 0.717) is 0 Å². The molecule has 0 atom stereocenters. The fraction of sp³-hybridized carbons (Fsp3) is 0. The number of furan rings is 1. The van der Waals surface area contributed by atoms with Gasteiger partial charge in [0.1, 0.15) is 11.2 Å². The summed E-state index contributed by atoms with van der Waals surface area (Å²) in [7, 11) is 0. The van der Waals surface area contributed by atoms with Crippen LogP contribution in [-0.4, -0.2) is 0 Å². The Morgan fingerprint density at radius 1 is 0.357 bits per heavy atom. The van der Waals surface area contributed by atoms with E-state index >= 15 is 0 Å². The molecule has 0 amide bonds. The minimum absolute atomic E-state index is 0.912. The summed E-state index contributed by atoms with van der Waals surface area (Å²) in [5, 5.41) is 12.1. The van der Waals surface area contributed by atoms with Crippen molar-refractivity contribution in [3.05, 3.63) is 152 Å². The highest BCUT2D eigenvalue weighted by molar-refractivity contribution is 6.24. The van der Waals surface area contributed by atoms with Crippen molar-refractivity contribution < 1.29 is 4.42 Å². The maximum atomic E-state index is 6.26. The standard InChI is InChI=1S/C40H25NO/c1-2-13-29(14-3-1)41(36-19-10-12-27-24-39-35(25-34(27)36)32-17-8-9-20-38(32)42-39)37-23-28-22-21-26-11-4-5-15-30(26)40(28)33-18-7-6-16-31(33)37/h1-25H. The van der Waals surface area contributed by atoms with E-state index in [1.807, 2.05) is 12.1 Å². The molecule has 0 aliphatic carbocycles. The van der Waals surface area contributed by atoms with Crippen LogP contribution in [0.5, 0.6) is 0 Å². The van der Waals surface area contributed by atoms with Gasteiger partial charge < -0.3 is 9.32 Å². The summed E-state index contributed by atoms with van der Waals surface area (Å²) in [6, 6.07) is 54.4. The average molecular weight is 536 g/mol. The molecule has 196 valence electrons. The minimum Gasteiger partial charge on any atom is -0.456 e. The second kappa shape index (κ2) is 8.95. The minimum atomic E-state index is 0.912. The maximum Gasteiger partial charge on any atom is 0.136 e. The van der Waals surface area contributed by atoms with Gasteiger partial charge in [0.25, 0.3) is 0 Å². The topological polar surface area (TPSA) is 16.4 Å². The van der Waals surface area contributed by atoms with Crippen molar-refractivity contribution in [3.63, 3.8) is 0 Å². The van der Waals surface area contributed by atoms with Crippen LogP contribution in [0.15, 0.2) is 156 Å². The molecule has 0 aliphatic rings. The normalized spacial score (nSPS) is 11.8. The van der Waals surface area contributed by atoms with Gasteiger partial charge in [-0.1, -0.05) is 109 Å². The first-order chi connectivity index (χ1) is 20.8. The fourth-order valence-corrected chi connectivity index (χ4v) is 6.70. The molecule has 0 spiro atoms. The molecule has 0 unspecified atom stereocenters. The molecule has 9 aromatic rings. The Labute approximate surface area is 242 Å². The Bertz CT molecular complexity index is 2470. The van der Waals surface area contributed by atoms with E-state index in [9.17, 15) is 0 Å². The molecule has 2 heteroatoms. The van der Waals surface area contributed by atoms with Gasteiger partial charge in [-0.25, -0.2) is 0 Å². The summed E-state index contributed by atoms with van der Waals surface area (Å²) < 4.78 is 6.26. The zero-order valence-corrected chi connectivity index (χ0v) is 22.8. The van der Waals surface area contributed by atoms with E-state index in [0.717, 1.165) is 44.4 Å². The predicted octanol–water partition coefficient (Wildman–Crippen LogP) is 11.7. The van der Waals surface area contributed by atoms with Crippen molar-refractivity contribution in [1.82, 2.24) is 0 Å². The van der Waals surface area contributed by atoms with E-state index in [-0.39, 0.29) is 0 Å². The number of para-hydroxylation sites is 2. The van der Waals surface area contributed by atoms with Crippen LogP contribution in [0.1, 0.15) is 0 Å². The number of nitrogens with zero attached hydrogens (tertiary/aromatic N) is 1. The first-order valence-electron chi connectivity index (χ1n) is 14.4. The second-order valence-corrected chi connectivity index (χ2v) is 10.9. The van der Waals surface area contributed by atoms with Crippen molar-refractivity contribution in [1.29, 1.82) is 0 Å². The van der Waals surface area contributed by atoms with Crippen LogP contribution in [0.4, 0.5) is 17.1 Å². The number of hydrogen-bond acceptors (Lipinski definition) is 2. The van der Waals surface area contributed by atoms with E-state index in [1.54, 1.807) is 0 Å². The highest BCUT2D eigenvalue weighted by Gasteiger charge is 2.20. The molecule has 0 aliphatic heterocycles. The first kappa shape index (κ1) is 23.1. The molecule has 0 fully saturated rings. The highest BCUT2D eigenvalue weighted by atomic mass is 16.3. The smallest absolute Gasteiger partial charge is 0.136 e. The van der Waals surface area contributed by atoms with Crippen LogP contribution in [0, 0.1) is 0 Å². The van der Waals surface area contributed by atoms with E-state index in [4.69, 9.17) is 4.42 Å². The third-order valence-electron chi connectivity index (χ3n) is 8.58. The van der Waals surface area contributed by atoms with Crippen molar-refractivity contribution in [2.24, 2.45) is 0 Å². The summed E-state index contributed by atoms with van der Waals surface area (Å²) in [6.45, 7) is 0. The number of rotatable bonds is 3. The van der Waals surface area contributed by atoms with E-state index in [2.05, 4.69) is 144 Å². The molecule has 9 rings (SSSR count). The lowest BCUT2D eigenvalue weighted by atomic mass is 9.94. The molecule has 42 heavy (non-hydrogen) atoms. The molecular formula is C40H25NO. The zero-order valence-electron chi connectivity index (χ0n) is 22.8. The summed E-state index contributed by atoms with van der Waals surface area (Å²) in [6.07, 6.45) is 0. The predicted molar refractivity (Wildman–Crippen MR) is 178 cm³/mol. The van der Waals surface area contributed by atoms with Gasteiger partial charge in [-0.15, -0.1) is 0 Å². The monoisotopic (exact) mass is 535 g/mol. The number of hydrogen-bond donors (Lipinski definition) is 0. The Kier molecular flexibility index (Phi) is 4.93. The lowest BCUT2D eigenvalue weighted by Gasteiger charge is -2.29. The molecule has 0 saturated carbocycles. The van der Waals surface area contributed by atoms with Gasteiger partial charge in [-0.3, -0.25) is 0 Å². The van der Waals surface area contributed by atoms with Crippen LogP contribution < -0.4 is 4.90 Å². The zero-order chi connectivity index (χ0) is 27.6. The number of fused-ring (bicyclic) bond motifs is 9. The van der Waals surface area contributed by atoms with Crippen molar-refractivity contribution in [3.8, 4) is 0 Å². The lowest BCUT2D eigenvalue weighted by Crippen LogP contribution is -2.11. The summed E-state index contributed by atoms with van der Waals surface area (Å²) >= 11 is 0. The summed E-state index contributed by atoms with van der Waals surface area (Å²) in [5.41, 5.74) is 5.24. The van der Waals surface area contributed by atoms with Gasteiger partial charge >= 0.3 is 0 Å². The summed E-state index contributed by atoms with van der Waals surface area (Å²) in [4.78, 5) is 2.42. The largest absolute Gasteiger partial charge is 0.456 e. The highest BCUT2D eigenvalue weighted by Crippen LogP contribution is 2.46. The fourth-order valence-electron chi connectivity index (χ4n) is 6.70. The van der Waals surface area contributed by atoms with Crippen molar-refractivity contribution in [2.75, 3.05) is 4.90 Å². The molecule has 0 radical (unpaired) electrons. The van der Waals surface area contributed by atoms with Crippen LogP contribution in [0.2, 0.25) is 0 Å². The van der Waals surface area contributed by atoms with Crippen LogP contribution >= 0.6 is 0 Å².